The number of rotatable bonds is 6. The normalized spacial score (nSPS) is 16.5. The molecule has 0 aromatic heterocycles. The number of ether oxygens (including phenoxy) is 1. The van der Waals surface area contributed by atoms with E-state index in [4.69, 9.17) is 4.74 Å². The molecule has 0 saturated carbocycles. The number of halogens is 1. The third kappa shape index (κ3) is 6.40. The third-order valence-corrected chi connectivity index (χ3v) is 6.54. The number of piperidine rings is 1. The lowest BCUT2D eigenvalue weighted by molar-refractivity contribution is -0.0413. The molecule has 2 aromatic carbocycles. The van der Waals surface area contributed by atoms with Crippen molar-refractivity contribution < 1.29 is 23.8 Å². The Morgan fingerprint density at radius 3 is 2.17 bits per heavy atom. The van der Waals surface area contributed by atoms with Crippen molar-refractivity contribution in [3.05, 3.63) is 71.0 Å². The summed E-state index contributed by atoms with van der Waals surface area (Å²) < 4.78 is 19.7. The molecule has 0 spiro atoms. The Kier molecular flexibility index (Phi) is 8.21. The van der Waals surface area contributed by atoms with Crippen LogP contribution in [0.2, 0.25) is 0 Å². The van der Waals surface area contributed by atoms with Crippen LogP contribution in [0.3, 0.4) is 0 Å². The monoisotopic (exact) mass is 484 g/mol. The van der Waals surface area contributed by atoms with Crippen LogP contribution in [0.5, 0.6) is 0 Å². The quantitative estimate of drug-likeness (QED) is 0.612. The summed E-state index contributed by atoms with van der Waals surface area (Å²) >= 11 is 0. The Bertz CT molecular complexity index is 1020. The number of amides is 2. The number of hydrogen-bond acceptors (Lipinski definition) is 4. The van der Waals surface area contributed by atoms with Gasteiger partial charge in [-0.05, 0) is 82.9 Å². The van der Waals surface area contributed by atoms with Gasteiger partial charge in [-0.15, -0.1) is 0 Å². The highest BCUT2D eigenvalue weighted by molar-refractivity contribution is 5.94. The lowest BCUT2D eigenvalue weighted by Crippen LogP contribution is -2.50. The number of likely N-dealkylation sites (tertiary alicyclic amines) is 1. The molecule has 3 rings (SSSR count). The van der Waals surface area contributed by atoms with Gasteiger partial charge in [-0.3, -0.25) is 4.79 Å². The molecule has 6 nitrogen and oxygen atoms in total. The number of aliphatic hydroxyl groups is 1. The summed E-state index contributed by atoms with van der Waals surface area (Å²) in [5.41, 5.74) is 0.221. The highest BCUT2D eigenvalue weighted by Crippen LogP contribution is 2.42. The summed E-state index contributed by atoms with van der Waals surface area (Å²) in [5.74, 6) is -0.944. The van der Waals surface area contributed by atoms with Gasteiger partial charge in [0.15, 0.2) is 0 Å². The summed E-state index contributed by atoms with van der Waals surface area (Å²) in [7, 11) is 0. The molecule has 1 aliphatic rings. The molecule has 1 saturated heterocycles. The Morgan fingerprint density at radius 2 is 1.66 bits per heavy atom. The second kappa shape index (κ2) is 10.8. The highest BCUT2D eigenvalue weighted by atomic mass is 19.1. The van der Waals surface area contributed by atoms with Crippen LogP contribution in [0.4, 0.5) is 9.18 Å². The van der Waals surface area contributed by atoms with E-state index in [1.54, 1.807) is 34.1 Å². The van der Waals surface area contributed by atoms with Gasteiger partial charge in [0.1, 0.15) is 11.4 Å². The number of carbonyl (C=O) groups excluding carboxylic acids is 2. The van der Waals surface area contributed by atoms with Crippen LogP contribution < -0.4 is 0 Å². The molecule has 1 atom stereocenters. The smallest absolute Gasteiger partial charge is 0.410 e. The van der Waals surface area contributed by atoms with Gasteiger partial charge in [0.25, 0.3) is 5.91 Å². The molecule has 2 aromatic rings. The minimum Gasteiger partial charge on any atom is -0.444 e. The fraction of sp³-hybridized carbons (Fsp3) is 0.500. The molecule has 1 fully saturated rings. The molecule has 2 amide bonds. The molecule has 35 heavy (non-hydrogen) atoms. The molecule has 0 bridgehead atoms. The first-order valence-electron chi connectivity index (χ1n) is 12.3. The van der Waals surface area contributed by atoms with Gasteiger partial charge in [0.2, 0.25) is 0 Å². The van der Waals surface area contributed by atoms with E-state index in [1.165, 1.54) is 12.1 Å². The summed E-state index contributed by atoms with van der Waals surface area (Å²) in [6.07, 6.45) is 0.224. The van der Waals surface area contributed by atoms with E-state index < -0.39 is 23.2 Å². The van der Waals surface area contributed by atoms with Crippen molar-refractivity contribution >= 4 is 12.0 Å². The third-order valence-electron chi connectivity index (χ3n) is 6.54. The predicted molar refractivity (Wildman–Crippen MR) is 134 cm³/mol. The van der Waals surface area contributed by atoms with E-state index >= 15 is 0 Å². The standard InChI is InChI=1S/C28H37FN2O4/c1-6-30(7-2)25(32)21-13-11-20(12-14-21)24(22-9-8-10-23(29)19-22)28(34)15-17-31(18-16-28)26(33)35-27(3,4)5/h8-14,19,24,34H,6-7,15-18H2,1-5H3. The SMILES string of the molecule is CCN(CC)C(=O)c1ccc(C(c2cccc(F)c2)C2(O)CCN(C(=O)OC(C)(C)C)CC2)cc1. The van der Waals surface area contributed by atoms with Crippen LogP contribution in [0, 0.1) is 5.82 Å². The highest BCUT2D eigenvalue weighted by Gasteiger charge is 2.43. The number of benzene rings is 2. The minimum absolute atomic E-state index is 0.0479. The molecule has 1 N–H and O–H groups in total. The van der Waals surface area contributed by atoms with Crippen molar-refractivity contribution in [1.82, 2.24) is 9.80 Å². The summed E-state index contributed by atoms with van der Waals surface area (Å²) in [6, 6.07) is 13.5. The number of hydrogen-bond donors (Lipinski definition) is 1. The van der Waals surface area contributed by atoms with Crippen LogP contribution in [0.1, 0.15) is 74.9 Å². The maximum absolute atomic E-state index is 14.2. The first-order valence-corrected chi connectivity index (χ1v) is 12.3. The van der Waals surface area contributed by atoms with Crippen LogP contribution >= 0.6 is 0 Å². The van der Waals surface area contributed by atoms with Gasteiger partial charge in [-0.1, -0.05) is 24.3 Å². The lowest BCUT2D eigenvalue weighted by atomic mass is 9.72. The Morgan fingerprint density at radius 1 is 1.06 bits per heavy atom. The van der Waals surface area contributed by atoms with Crippen molar-refractivity contribution in [2.24, 2.45) is 0 Å². The van der Waals surface area contributed by atoms with Crippen molar-refractivity contribution in [3.8, 4) is 0 Å². The summed E-state index contributed by atoms with van der Waals surface area (Å²) in [5, 5.41) is 11.8. The van der Waals surface area contributed by atoms with E-state index in [-0.39, 0.29) is 11.7 Å². The van der Waals surface area contributed by atoms with Crippen molar-refractivity contribution in [1.29, 1.82) is 0 Å². The molecular weight excluding hydrogens is 447 g/mol. The van der Waals surface area contributed by atoms with Gasteiger partial charge in [-0.2, -0.15) is 0 Å². The largest absolute Gasteiger partial charge is 0.444 e. The molecular formula is C28H37FN2O4. The van der Waals surface area contributed by atoms with E-state index in [1.807, 2.05) is 46.8 Å². The Labute approximate surface area is 207 Å². The van der Waals surface area contributed by atoms with E-state index in [9.17, 15) is 19.1 Å². The summed E-state index contributed by atoms with van der Waals surface area (Å²) in [6.45, 7) is 11.2. The zero-order chi connectivity index (χ0) is 25.8. The van der Waals surface area contributed by atoms with Gasteiger partial charge >= 0.3 is 6.09 Å². The Hall–Kier alpha value is -2.93. The molecule has 1 aliphatic heterocycles. The predicted octanol–water partition coefficient (Wildman–Crippen LogP) is 5.20. The molecule has 1 heterocycles. The molecule has 0 aliphatic carbocycles. The maximum Gasteiger partial charge on any atom is 0.410 e. The van der Waals surface area contributed by atoms with Crippen LogP contribution in [0.15, 0.2) is 48.5 Å². The summed E-state index contributed by atoms with van der Waals surface area (Å²) in [4.78, 5) is 28.6. The zero-order valence-electron chi connectivity index (χ0n) is 21.4. The van der Waals surface area contributed by atoms with Crippen LogP contribution in [-0.2, 0) is 4.74 Å². The van der Waals surface area contributed by atoms with Crippen molar-refractivity contribution in [2.45, 2.75) is 64.6 Å². The first kappa shape index (κ1) is 26.7. The van der Waals surface area contributed by atoms with Gasteiger partial charge in [0.05, 0.1) is 5.60 Å². The van der Waals surface area contributed by atoms with Crippen molar-refractivity contribution in [3.63, 3.8) is 0 Å². The fourth-order valence-electron chi connectivity index (χ4n) is 4.70. The van der Waals surface area contributed by atoms with Gasteiger partial charge in [-0.25, -0.2) is 9.18 Å². The number of carbonyl (C=O) groups is 2. The minimum atomic E-state index is -1.20. The molecule has 7 heteroatoms. The topological polar surface area (TPSA) is 70.1 Å². The zero-order valence-corrected chi connectivity index (χ0v) is 21.4. The van der Waals surface area contributed by atoms with E-state index in [2.05, 4.69) is 0 Å². The molecule has 0 radical (unpaired) electrons. The lowest BCUT2D eigenvalue weighted by Gasteiger charge is -2.43. The maximum atomic E-state index is 14.2. The molecule has 1 unspecified atom stereocenters. The Balaban J connectivity index is 1.89. The van der Waals surface area contributed by atoms with Gasteiger partial charge < -0.3 is 19.6 Å². The second-order valence-electron chi connectivity index (χ2n) is 10.2. The van der Waals surface area contributed by atoms with Crippen LogP contribution in [-0.4, -0.2) is 64.3 Å². The van der Waals surface area contributed by atoms with Crippen molar-refractivity contribution in [2.75, 3.05) is 26.2 Å². The fourth-order valence-corrected chi connectivity index (χ4v) is 4.70. The van der Waals surface area contributed by atoms with E-state index in [0.29, 0.717) is 50.1 Å². The van der Waals surface area contributed by atoms with E-state index in [0.717, 1.165) is 5.56 Å². The van der Waals surface area contributed by atoms with Crippen LogP contribution in [0.25, 0.3) is 0 Å². The second-order valence-corrected chi connectivity index (χ2v) is 10.2. The molecule has 190 valence electrons. The number of nitrogens with zero attached hydrogens (tertiary/aromatic N) is 2. The average molecular weight is 485 g/mol. The average Bonchev–Trinajstić information content (AvgIpc) is 2.79. The van der Waals surface area contributed by atoms with Gasteiger partial charge in [0, 0.05) is 37.7 Å². The first-order chi connectivity index (χ1) is 16.5.